The number of aliphatic hydroxyl groups excluding tert-OH is 3. The summed E-state index contributed by atoms with van der Waals surface area (Å²) in [6, 6.07) is -0.350. The van der Waals surface area contributed by atoms with Crippen molar-refractivity contribution in [2.24, 2.45) is 5.92 Å². The highest BCUT2D eigenvalue weighted by molar-refractivity contribution is 5.75. The van der Waals surface area contributed by atoms with E-state index >= 15 is 0 Å². The molecule has 0 unspecified atom stereocenters. The minimum Gasteiger partial charge on any atom is -0.420 e. The van der Waals surface area contributed by atoms with Gasteiger partial charge in [-0.2, -0.15) is 4.39 Å². The minimum atomic E-state index is -1.91. The van der Waals surface area contributed by atoms with Gasteiger partial charge in [0.1, 0.15) is 18.0 Å². The van der Waals surface area contributed by atoms with Crippen molar-refractivity contribution in [2.45, 2.75) is 83.2 Å². The van der Waals surface area contributed by atoms with Gasteiger partial charge in [0.15, 0.2) is 17.5 Å². The number of benzene rings is 1. The van der Waals surface area contributed by atoms with Crippen molar-refractivity contribution in [3.8, 4) is 5.75 Å². The van der Waals surface area contributed by atoms with Gasteiger partial charge in [-0.25, -0.2) is 18.0 Å². The first kappa shape index (κ1) is 57.0. The van der Waals surface area contributed by atoms with E-state index in [4.69, 9.17) is 42.6 Å². The summed E-state index contributed by atoms with van der Waals surface area (Å²) in [7, 11) is 0. The number of hydrogen-bond donors (Lipinski definition) is 5. The van der Waals surface area contributed by atoms with E-state index in [1.165, 1.54) is 13.8 Å². The molecule has 1 heterocycles. The normalized spacial score (nSPS) is 18.6. The third-order valence-electron chi connectivity index (χ3n) is 9.65. The van der Waals surface area contributed by atoms with Crippen LogP contribution in [0.25, 0.3) is 0 Å². The fourth-order valence-corrected chi connectivity index (χ4v) is 6.30. The Hall–Kier alpha value is -3.13. The van der Waals surface area contributed by atoms with Crippen LogP contribution in [0.2, 0.25) is 0 Å². The summed E-state index contributed by atoms with van der Waals surface area (Å²) in [6.07, 6.45) is -1.41. The molecule has 370 valence electrons. The molecular formula is C42H68F4N2O16. The summed E-state index contributed by atoms with van der Waals surface area (Å²) in [6.45, 7) is 7.66. The van der Waals surface area contributed by atoms with Gasteiger partial charge >= 0.3 is 12.0 Å². The van der Waals surface area contributed by atoms with E-state index in [9.17, 15) is 47.3 Å². The van der Waals surface area contributed by atoms with Crippen LogP contribution in [0.3, 0.4) is 0 Å². The lowest BCUT2D eigenvalue weighted by molar-refractivity contribution is -0.212. The number of amides is 2. The zero-order chi connectivity index (χ0) is 47.0. The summed E-state index contributed by atoms with van der Waals surface area (Å²) < 4.78 is 109. The Balaban J connectivity index is 1.30. The molecule has 0 radical (unpaired) electrons. The first-order chi connectivity index (χ1) is 30.9. The molecule has 64 heavy (non-hydrogen) atoms. The van der Waals surface area contributed by atoms with Gasteiger partial charge in [0.2, 0.25) is 11.6 Å². The molecule has 2 rings (SSSR count). The summed E-state index contributed by atoms with van der Waals surface area (Å²) in [5.74, 6) is -9.60. The second-order valence-corrected chi connectivity index (χ2v) is 14.5. The van der Waals surface area contributed by atoms with Gasteiger partial charge in [0.05, 0.1) is 124 Å². The Morgan fingerprint density at radius 3 is 1.55 bits per heavy atom. The van der Waals surface area contributed by atoms with Crippen molar-refractivity contribution in [3.63, 3.8) is 0 Å². The first-order valence-electron chi connectivity index (χ1n) is 21.7. The smallest absolute Gasteiger partial charge is 0.314 e. The number of ether oxygens (including phenoxy) is 10. The lowest BCUT2D eigenvalue weighted by Gasteiger charge is -2.43. The van der Waals surface area contributed by atoms with Crippen LogP contribution in [-0.2, 0) is 58.6 Å². The van der Waals surface area contributed by atoms with Crippen LogP contribution in [-0.4, -0.2) is 183 Å². The van der Waals surface area contributed by atoms with Crippen molar-refractivity contribution in [1.29, 1.82) is 0 Å². The van der Waals surface area contributed by atoms with Crippen molar-refractivity contribution in [3.05, 3.63) is 28.8 Å². The molecule has 5 atom stereocenters. The van der Waals surface area contributed by atoms with Gasteiger partial charge in [-0.3, -0.25) is 4.79 Å². The maximum absolute atomic E-state index is 14.2. The fourth-order valence-electron chi connectivity index (χ4n) is 6.30. The number of carbonyl (C=O) groups is 3. The zero-order valence-corrected chi connectivity index (χ0v) is 36.9. The number of ketones is 1. The average molecular weight is 933 g/mol. The Labute approximate surface area is 371 Å². The zero-order valence-electron chi connectivity index (χ0n) is 36.9. The molecule has 2 amide bonds. The number of Topliss-reactive ketones (excluding diaryl/α,β-unsaturated/α-hetero) is 1. The van der Waals surface area contributed by atoms with E-state index in [1.54, 1.807) is 0 Å². The lowest BCUT2D eigenvalue weighted by atomic mass is 9.81. The van der Waals surface area contributed by atoms with Crippen LogP contribution < -0.4 is 15.4 Å². The second kappa shape index (κ2) is 35.1. The average Bonchev–Trinajstić information content (AvgIpc) is 3.27. The summed E-state index contributed by atoms with van der Waals surface area (Å²) in [5.41, 5.74) is -0.720. The van der Waals surface area contributed by atoms with E-state index in [2.05, 4.69) is 15.4 Å². The second-order valence-electron chi connectivity index (χ2n) is 14.5. The highest BCUT2D eigenvalue weighted by Crippen LogP contribution is 2.33. The number of urea groups is 1. The maximum atomic E-state index is 14.2. The Bertz CT molecular complexity index is 1450. The molecule has 1 aliphatic heterocycles. The molecule has 1 aliphatic rings. The van der Waals surface area contributed by atoms with Crippen molar-refractivity contribution < 1.29 is 94.6 Å². The predicted octanol–water partition coefficient (Wildman–Crippen LogP) is 2.17. The SMILES string of the molecule is CCc1c(F)c(F)c(F)c(OC(=O)CCOCCOCCOCCOCCOCCOCCNC(=O)NCCOCCOCCC[C@H]2O[C@H](CO)[C@H](O)[C@H](O)[C@H]2CCCC(C)=O)c1F. The summed E-state index contributed by atoms with van der Waals surface area (Å²) in [4.78, 5) is 35.1. The number of carbonyl (C=O) groups excluding carboxylic acids is 3. The number of halogens is 4. The molecular weight excluding hydrogens is 864 g/mol. The maximum Gasteiger partial charge on any atom is 0.314 e. The van der Waals surface area contributed by atoms with Crippen molar-refractivity contribution in [1.82, 2.24) is 10.6 Å². The van der Waals surface area contributed by atoms with E-state index in [0.29, 0.717) is 124 Å². The van der Waals surface area contributed by atoms with Crippen molar-refractivity contribution >= 4 is 17.8 Å². The monoisotopic (exact) mass is 932 g/mol. The first-order valence-corrected chi connectivity index (χ1v) is 21.7. The fraction of sp³-hybridized carbons (Fsp3) is 0.786. The Morgan fingerprint density at radius 2 is 1.06 bits per heavy atom. The Morgan fingerprint density at radius 1 is 0.578 bits per heavy atom. The number of hydrogen-bond acceptors (Lipinski definition) is 16. The van der Waals surface area contributed by atoms with Gasteiger partial charge < -0.3 is 78.1 Å². The van der Waals surface area contributed by atoms with Gasteiger partial charge in [-0.05, 0) is 39.0 Å². The number of aliphatic hydroxyl groups is 3. The van der Waals surface area contributed by atoms with Gasteiger partial charge in [0.25, 0.3) is 0 Å². The molecule has 5 N–H and O–H groups in total. The van der Waals surface area contributed by atoms with E-state index in [0.717, 1.165) is 0 Å². The molecule has 0 bridgehead atoms. The number of nitrogens with one attached hydrogen (secondary N) is 2. The standard InChI is InChI=1S/C42H68F4N2O16/c1-3-30-35(43)37(45)38(46)41(36(30)44)64-34(51)9-13-56-17-20-59-22-24-61-26-27-62-25-23-60-21-19-58-15-11-48-42(54)47-10-14-57-18-16-55-12-5-8-32-31(7-4-6-29(2)50)39(52)40(53)33(28-49)63-32/h31-33,39-40,49,52-53H,3-28H2,1-2H3,(H2,47,48,54)/t31-,32+,33+,39+,40-/m0/s1. The van der Waals surface area contributed by atoms with Crippen LogP contribution >= 0.6 is 0 Å². The summed E-state index contributed by atoms with van der Waals surface area (Å²) in [5, 5.41) is 35.8. The third kappa shape index (κ3) is 23.4. The van der Waals surface area contributed by atoms with Gasteiger partial charge in [-0.15, -0.1) is 0 Å². The summed E-state index contributed by atoms with van der Waals surface area (Å²) >= 11 is 0. The third-order valence-corrected chi connectivity index (χ3v) is 9.65. The molecule has 0 spiro atoms. The van der Waals surface area contributed by atoms with Gasteiger partial charge in [0, 0.05) is 37.6 Å². The topological polar surface area (TPSA) is 228 Å². The van der Waals surface area contributed by atoms with Crippen molar-refractivity contribution in [2.75, 3.05) is 125 Å². The Kier molecular flexibility index (Phi) is 31.3. The minimum absolute atomic E-state index is 0.0609. The van der Waals surface area contributed by atoms with Crippen LogP contribution in [0.1, 0.15) is 57.9 Å². The van der Waals surface area contributed by atoms with Crippen LogP contribution in [0, 0.1) is 29.2 Å². The molecule has 1 fully saturated rings. The molecule has 0 aromatic heterocycles. The van der Waals surface area contributed by atoms with Crippen LogP contribution in [0.15, 0.2) is 0 Å². The molecule has 1 aromatic carbocycles. The number of esters is 1. The molecule has 22 heteroatoms. The van der Waals surface area contributed by atoms with Gasteiger partial charge in [-0.1, -0.05) is 6.92 Å². The highest BCUT2D eigenvalue weighted by atomic mass is 19.2. The molecule has 1 aromatic rings. The lowest BCUT2D eigenvalue weighted by Crippen LogP contribution is -2.55. The van der Waals surface area contributed by atoms with Crippen LogP contribution in [0.4, 0.5) is 22.4 Å². The predicted molar refractivity (Wildman–Crippen MR) is 219 cm³/mol. The van der Waals surface area contributed by atoms with E-state index < -0.39 is 65.5 Å². The van der Waals surface area contributed by atoms with E-state index in [-0.39, 0.29) is 63.1 Å². The number of rotatable bonds is 38. The molecule has 0 aliphatic carbocycles. The molecule has 18 nitrogen and oxygen atoms in total. The highest BCUT2D eigenvalue weighted by Gasteiger charge is 2.43. The molecule has 1 saturated heterocycles. The molecule has 0 saturated carbocycles. The van der Waals surface area contributed by atoms with Crippen LogP contribution in [0.5, 0.6) is 5.75 Å². The van der Waals surface area contributed by atoms with E-state index in [1.807, 2.05) is 0 Å². The quantitative estimate of drug-likeness (QED) is 0.0160. The largest absolute Gasteiger partial charge is 0.420 e.